The second kappa shape index (κ2) is 39.7. The van der Waals surface area contributed by atoms with Gasteiger partial charge in [-0.3, -0.25) is 18.6 Å². The molecule has 0 aliphatic heterocycles. The van der Waals surface area contributed by atoms with Crippen LogP contribution in [0.5, 0.6) is 0 Å². The van der Waals surface area contributed by atoms with Crippen LogP contribution in [0.15, 0.2) is 109 Å². The van der Waals surface area contributed by atoms with Gasteiger partial charge in [0.1, 0.15) is 43.2 Å². The molecule has 0 heterocycles. The molecule has 8 atom stereocenters. The second-order valence-electron chi connectivity index (χ2n) is 15.9. The fourth-order valence-corrected chi connectivity index (χ4v) is 7.41. The van der Waals surface area contributed by atoms with Gasteiger partial charge in [-0.05, 0) is 77.0 Å². The van der Waals surface area contributed by atoms with Gasteiger partial charge in [0.05, 0.1) is 6.61 Å². The fraction of sp³-hybridized carbons (Fsp3) is 0.608. The quantitative estimate of drug-likeness (QED) is 0.0113. The van der Waals surface area contributed by atoms with Crippen molar-refractivity contribution in [1.29, 1.82) is 0 Å². The maximum atomic E-state index is 12.8. The molecule has 1 aliphatic carbocycles. The summed E-state index contributed by atoms with van der Waals surface area (Å²) in [5.41, 5.74) is 0. The van der Waals surface area contributed by atoms with Gasteiger partial charge in [0.15, 0.2) is 6.10 Å². The van der Waals surface area contributed by atoms with Crippen molar-refractivity contribution >= 4 is 19.8 Å². The maximum absolute atomic E-state index is 12.8. The molecule has 0 aromatic rings. The number of esters is 2. The Labute approximate surface area is 389 Å². The summed E-state index contributed by atoms with van der Waals surface area (Å²) in [6.07, 6.45) is 41.5. The van der Waals surface area contributed by atoms with Crippen LogP contribution in [0, 0.1) is 0 Å². The first-order valence-corrected chi connectivity index (χ1v) is 25.2. The molecule has 0 bridgehead atoms. The van der Waals surface area contributed by atoms with Gasteiger partial charge in [0.2, 0.25) is 0 Å². The van der Waals surface area contributed by atoms with E-state index in [0.717, 1.165) is 103 Å². The number of allylic oxidation sites excluding steroid dienone is 18. The predicted molar refractivity (Wildman–Crippen MR) is 257 cm³/mol. The molecule has 0 aromatic carbocycles. The number of carbonyl (C=O) groups excluding carboxylic acids is 2. The van der Waals surface area contributed by atoms with Gasteiger partial charge in [0, 0.05) is 12.8 Å². The van der Waals surface area contributed by atoms with Crippen molar-refractivity contribution in [3.8, 4) is 0 Å². The smallest absolute Gasteiger partial charge is 0.462 e. The number of phosphoric ester groups is 1. The third kappa shape index (κ3) is 32.0. The van der Waals surface area contributed by atoms with Crippen molar-refractivity contribution in [3.63, 3.8) is 0 Å². The van der Waals surface area contributed by atoms with Crippen LogP contribution in [0.3, 0.4) is 0 Å². The molecule has 0 amide bonds. The highest BCUT2D eigenvalue weighted by atomic mass is 31.2. The Balaban J connectivity index is 2.44. The first kappa shape index (κ1) is 59.5. The average molecular weight is 933 g/mol. The largest absolute Gasteiger partial charge is 0.472 e. The number of hydrogen-bond acceptors (Lipinski definition) is 12. The zero-order chi connectivity index (χ0) is 47.8. The highest BCUT2D eigenvalue weighted by molar-refractivity contribution is 7.47. The molecule has 0 saturated heterocycles. The van der Waals surface area contributed by atoms with Gasteiger partial charge in [-0.15, -0.1) is 0 Å². The van der Waals surface area contributed by atoms with Gasteiger partial charge in [0.25, 0.3) is 0 Å². The second-order valence-corrected chi connectivity index (χ2v) is 17.3. The van der Waals surface area contributed by atoms with E-state index in [1.807, 2.05) is 42.5 Å². The van der Waals surface area contributed by atoms with E-state index in [-0.39, 0.29) is 12.8 Å². The molecule has 7 unspecified atom stereocenters. The van der Waals surface area contributed by atoms with Crippen LogP contribution in [0.1, 0.15) is 142 Å². The van der Waals surface area contributed by atoms with Crippen LogP contribution in [0.2, 0.25) is 0 Å². The lowest BCUT2D eigenvalue weighted by atomic mass is 9.85. The highest BCUT2D eigenvalue weighted by Gasteiger charge is 2.51. The van der Waals surface area contributed by atoms with Crippen LogP contribution in [-0.2, 0) is 32.7 Å². The van der Waals surface area contributed by atoms with Crippen molar-refractivity contribution in [2.45, 2.75) is 185 Å². The summed E-state index contributed by atoms with van der Waals surface area (Å²) in [7, 11) is -5.14. The molecule has 1 fully saturated rings. The molecular weight excluding hydrogens is 852 g/mol. The lowest BCUT2D eigenvalue weighted by Crippen LogP contribution is -2.64. The summed E-state index contributed by atoms with van der Waals surface area (Å²) in [5.74, 6) is -1.17. The summed E-state index contributed by atoms with van der Waals surface area (Å²) < 4.78 is 33.5. The molecule has 0 spiro atoms. The summed E-state index contributed by atoms with van der Waals surface area (Å²) in [5, 5.41) is 50.2. The zero-order valence-electron chi connectivity index (χ0n) is 39.0. The highest BCUT2D eigenvalue weighted by Crippen LogP contribution is 2.47. The lowest BCUT2D eigenvalue weighted by Gasteiger charge is -2.41. The first-order valence-electron chi connectivity index (χ1n) is 23.7. The van der Waals surface area contributed by atoms with Gasteiger partial charge in [-0.25, -0.2) is 4.57 Å². The van der Waals surface area contributed by atoms with Crippen LogP contribution in [0.4, 0.5) is 0 Å². The van der Waals surface area contributed by atoms with Gasteiger partial charge in [-0.2, -0.15) is 0 Å². The van der Waals surface area contributed by atoms with E-state index in [2.05, 4.69) is 80.7 Å². The Bertz CT molecular complexity index is 1550. The number of hydrogen-bond donors (Lipinski definition) is 6. The summed E-state index contributed by atoms with van der Waals surface area (Å²) in [6, 6.07) is 0. The molecule has 1 aliphatic rings. The number of aliphatic hydroxyl groups is 5. The topological polar surface area (TPSA) is 210 Å². The van der Waals surface area contributed by atoms with Crippen LogP contribution < -0.4 is 0 Å². The molecule has 1 saturated carbocycles. The number of carbonyl (C=O) groups is 2. The van der Waals surface area contributed by atoms with Crippen molar-refractivity contribution in [3.05, 3.63) is 109 Å². The Hall–Kier alpha value is -3.49. The maximum Gasteiger partial charge on any atom is 0.472 e. The van der Waals surface area contributed by atoms with Crippen LogP contribution in [0.25, 0.3) is 0 Å². The molecular formula is C51H81O13P. The SMILES string of the molecule is CC/C=C/C=C/C=C/C=C/CCCCCC(=O)OC(COC(=O)CCCCCCCCC/C=C/C/C=C/C/C=C/C/C=C/C/C=C/CC)COP(=O)(O)OC1C(O)C(O)C(O)[C@H](O)C1O. The predicted octanol–water partition coefficient (Wildman–Crippen LogP) is 9.61. The normalized spacial score (nSPS) is 22.4. The zero-order valence-corrected chi connectivity index (χ0v) is 39.9. The van der Waals surface area contributed by atoms with Crippen molar-refractivity contribution in [2.24, 2.45) is 0 Å². The Morgan fingerprint density at radius 3 is 1.46 bits per heavy atom. The van der Waals surface area contributed by atoms with Crippen LogP contribution >= 0.6 is 7.82 Å². The van der Waals surface area contributed by atoms with Crippen molar-refractivity contribution in [2.75, 3.05) is 13.2 Å². The number of ether oxygens (including phenoxy) is 2. The third-order valence-electron chi connectivity index (χ3n) is 10.2. The Morgan fingerprint density at radius 1 is 0.492 bits per heavy atom. The minimum atomic E-state index is -5.14. The Kier molecular flexibility index (Phi) is 36.3. The third-order valence-corrected chi connectivity index (χ3v) is 11.2. The molecule has 0 aromatic heterocycles. The summed E-state index contributed by atoms with van der Waals surface area (Å²) in [6.45, 7) is 2.98. The average Bonchev–Trinajstić information content (AvgIpc) is 3.29. The van der Waals surface area contributed by atoms with Gasteiger partial charge < -0.3 is 39.9 Å². The van der Waals surface area contributed by atoms with E-state index >= 15 is 0 Å². The minimum Gasteiger partial charge on any atom is -0.462 e. The molecule has 14 heteroatoms. The van der Waals surface area contributed by atoms with Crippen LogP contribution in [-0.4, -0.2) is 98.3 Å². The van der Waals surface area contributed by atoms with E-state index < -0.39 is 75.7 Å². The summed E-state index contributed by atoms with van der Waals surface area (Å²) >= 11 is 0. The van der Waals surface area contributed by atoms with Crippen molar-refractivity contribution in [1.82, 2.24) is 0 Å². The fourth-order valence-electron chi connectivity index (χ4n) is 6.44. The first-order chi connectivity index (χ1) is 31.4. The standard InChI is InChI=1S/C51H81O13P/c1-3-5-7-9-11-13-15-17-18-19-20-21-22-23-24-25-26-28-29-31-33-35-37-39-44(52)61-41-43(42-62-65(59,60)64-51-49(57)47(55)46(54)48(56)50(51)58)63-45(53)40-38-36-34-32-30-27-16-14-12-10-8-6-4-2/h5-8,10-14,16-18,20-21,23-24,27,30,43,46-51,54-58H,3-4,9,15,19,22,25-26,28-29,31-42H2,1-2H3,(H,59,60)/b7-5+,8-6+,12-10+,13-11+,16-14+,18-17+,21-20+,24-23+,30-27+/t43?,46?,47-,48?,49?,50?,51?/m0/s1. The van der Waals surface area contributed by atoms with E-state index in [9.17, 15) is 44.6 Å². The van der Waals surface area contributed by atoms with E-state index in [4.69, 9.17) is 18.5 Å². The molecule has 1 rings (SSSR count). The molecule has 0 radical (unpaired) electrons. The number of phosphoric acid groups is 1. The molecule has 65 heavy (non-hydrogen) atoms. The van der Waals surface area contributed by atoms with Crippen molar-refractivity contribution < 1.29 is 63.1 Å². The summed E-state index contributed by atoms with van der Waals surface area (Å²) in [4.78, 5) is 35.7. The molecule has 368 valence electrons. The van der Waals surface area contributed by atoms with E-state index in [1.165, 1.54) is 0 Å². The number of rotatable bonds is 37. The number of unbranched alkanes of at least 4 members (excludes halogenated alkanes) is 10. The van der Waals surface area contributed by atoms with E-state index in [0.29, 0.717) is 12.8 Å². The molecule has 6 N–H and O–H groups in total. The number of aliphatic hydroxyl groups excluding tert-OH is 5. The monoisotopic (exact) mass is 933 g/mol. The minimum absolute atomic E-state index is 0.0410. The lowest BCUT2D eigenvalue weighted by molar-refractivity contribution is -0.220. The van der Waals surface area contributed by atoms with Gasteiger partial charge in [-0.1, -0.05) is 162 Å². The Morgan fingerprint density at radius 2 is 0.908 bits per heavy atom. The van der Waals surface area contributed by atoms with E-state index in [1.54, 1.807) is 0 Å². The van der Waals surface area contributed by atoms with Gasteiger partial charge >= 0.3 is 19.8 Å². The molecule has 13 nitrogen and oxygen atoms in total.